The molecule has 9 nitrogen and oxygen atoms in total. The van der Waals surface area contributed by atoms with Crippen LogP contribution in [0.2, 0.25) is 0 Å². The number of carbonyl (C=O) groups is 2. The third-order valence-electron chi connectivity index (χ3n) is 4.11. The number of ether oxygens (including phenoxy) is 3. The van der Waals surface area contributed by atoms with Crippen LogP contribution in [0.3, 0.4) is 0 Å². The predicted octanol–water partition coefficient (Wildman–Crippen LogP) is -0.0389. The number of nitrogens with zero attached hydrogens (tertiary/aromatic N) is 2. The van der Waals surface area contributed by atoms with Crippen LogP contribution >= 0.6 is 0 Å². The van der Waals surface area contributed by atoms with Gasteiger partial charge in [0, 0.05) is 26.2 Å². The van der Waals surface area contributed by atoms with Gasteiger partial charge in [-0.1, -0.05) is 0 Å². The molecule has 0 aliphatic carbocycles. The summed E-state index contributed by atoms with van der Waals surface area (Å²) >= 11 is 0. The Balaban J connectivity index is 2.18. The molecule has 2 rings (SSSR count). The van der Waals surface area contributed by atoms with E-state index >= 15 is 0 Å². The number of methoxy groups -OCH3 is 3. The Kier molecular flexibility index (Phi) is 6.57. The van der Waals surface area contributed by atoms with E-state index in [0.29, 0.717) is 13.1 Å². The smallest absolute Gasteiger partial charge is 0.337 e. The summed E-state index contributed by atoms with van der Waals surface area (Å²) in [6.07, 6.45) is 0. The number of sulfonamides is 1. The van der Waals surface area contributed by atoms with Crippen LogP contribution in [0.15, 0.2) is 23.1 Å². The number of esters is 2. The van der Waals surface area contributed by atoms with Crippen molar-refractivity contribution in [1.82, 2.24) is 9.21 Å². The van der Waals surface area contributed by atoms with Crippen LogP contribution in [0, 0.1) is 0 Å². The van der Waals surface area contributed by atoms with Gasteiger partial charge in [-0.2, -0.15) is 4.31 Å². The molecule has 0 spiro atoms. The summed E-state index contributed by atoms with van der Waals surface area (Å²) in [5, 5.41) is 0. The maximum Gasteiger partial charge on any atom is 0.337 e. The van der Waals surface area contributed by atoms with Gasteiger partial charge in [0.2, 0.25) is 10.0 Å². The van der Waals surface area contributed by atoms with Crippen molar-refractivity contribution in [3.05, 3.63) is 23.8 Å². The number of carbonyl (C=O) groups excluding carboxylic acids is 2. The number of piperazine rings is 1. The fourth-order valence-electron chi connectivity index (χ4n) is 2.64. The minimum Gasteiger partial charge on any atom is -0.495 e. The van der Waals surface area contributed by atoms with E-state index in [1.807, 2.05) is 4.90 Å². The molecule has 0 amide bonds. The highest BCUT2D eigenvalue weighted by atomic mass is 32.2. The SMILES string of the molecule is COC(=O)CN1CCN(S(=O)(=O)c2ccc(C(=O)OC)cc2OC)CC1. The molecular formula is C16H22N2O7S. The Morgan fingerprint density at radius 1 is 1.04 bits per heavy atom. The Bertz CT molecular complexity index is 771. The molecule has 1 aliphatic rings. The number of hydrogen-bond donors (Lipinski definition) is 0. The van der Waals surface area contributed by atoms with Gasteiger partial charge in [-0.25, -0.2) is 13.2 Å². The lowest BCUT2D eigenvalue weighted by atomic mass is 10.2. The van der Waals surface area contributed by atoms with Crippen molar-refractivity contribution in [2.24, 2.45) is 0 Å². The molecule has 1 fully saturated rings. The molecule has 1 aliphatic heterocycles. The van der Waals surface area contributed by atoms with Gasteiger partial charge in [0.05, 0.1) is 33.4 Å². The third kappa shape index (κ3) is 4.32. The van der Waals surface area contributed by atoms with E-state index in [1.165, 1.54) is 43.8 Å². The summed E-state index contributed by atoms with van der Waals surface area (Å²) in [6, 6.07) is 4.06. The van der Waals surface area contributed by atoms with E-state index in [1.54, 1.807) is 0 Å². The molecule has 1 heterocycles. The zero-order chi connectivity index (χ0) is 19.3. The molecule has 1 aromatic rings. The van der Waals surface area contributed by atoms with Crippen molar-refractivity contribution < 1.29 is 32.2 Å². The Morgan fingerprint density at radius 3 is 2.23 bits per heavy atom. The first kappa shape index (κ1) is 20.1. The molecule has 0 bridgehead atoms. The Morgan fingerprint density at radius 2 is 1.69 bits per heavy atom. The summed E-state index contributed by atoms with van der Waals surface area (Å²) in [5.41, 5.74) is 0.200. The molecule has 0 aromatic heterocycles. The molecule has 1 aromatic carbocycles. The van der Waals surface area contributed by atoms with Gasteiger partial charge in [0.15, 0.2) is 0 Å². The van der Waals surface area contributed by atoms with Crippen molar-refractivity contribution >= 4 is 22.0 Å². The second-order valence-corrected chi connectivity index (χ2v) is 7.52. The van der Waals surface area contributed by atoms with Gasteiger partial charge >= 0.3 is 11.9 Å². The van der Waals surface area contributed by atoms with E-state index in [4.69, 9.17) is 4.74 Å². The minimum absolute atomic E-state index is 0.0194. The predicted molar refractivity (Wildman–Crippen MR) is 91.5 cm³/mol. The van der Waals surface area contributed by atoms with E-state index in [9.17, 15) is 18.0 Å². The third-order valence-corrected chi connectivity index (χ3v) is 6.05. The zero-order valence-electron chi connectivity index (χ0n) is 14.9. The average Bonchev–Trinajstić information content (AvgIpc) is 2.67. The van der Waals surface area contributed by atoms with Crippen molar-refractivity contribution in [3.63, 3.8) is 0 Å². The van der Waals surface area contributed by atoms with Gasteiger partial charge in [-0.05, 0) is 18.2 Å². The maximum atomic E-state index is 12.9. The maximum absolute atomic E-state index is 12.9. The molecule has 10 heteroatoms. The molecule has 0 atom stereocenters. The lowest BCUT2D eigenvalue weighted by molar-refractivity contribution is -0.142. The molecule has 1 saturated heterocycles. The lowest BCUT2D eigenvalue weighted by Crippen LogP contribution is -2.49. The minimum atomic E-state index is -3.80. The quantitative estimate of drug-likeness (QED) is 0.628. The standard InChI is InChI=1S/C16H22N2O7S/c1-23-13-10-12(16(20)25-3)4-5-14(13)26(21,22)18-8-6-17(7-9-18)11-15(19)24-2/h4-5,10H,6-9,11H2,1-3H3. The summed E-state index contributed by atoms with van der Waals surface area (Å²) in [7, 11) is 0.0951. The van der Waals surface area contributed by atoms with Crippen LogP contribution in [-0.4, -0.2) is 83.6 Å². The second-order valence-electron chi connectivity index (χ2n) is 5.61. The van der Waals surface area contributed by atoms with E-state index < -0.39 is 16.0 Å². The van der Waals surface area contributed by atoms with Gasteiger partial charge in [-0.15, -0.1) is 0 Å². The Hall–Kier alpha value is -2.17. The summed E-state index contributed by atoms with van der Waals surface area (Å²) < 4.78 is 41.6. The molecule has 0 radical (unpaired) electrons. The van der Waals surface area contributed by atoms with Crippen LogP contribution in [0.4, 0.5) is 0 Å². The highest BCUT2D eigenvalue weighted by Gasteiger charge is 2.31. The Labute approximate surface area is 152 Å². The highest BCUT2D eigenvalue weighted by molar-refractivity contribution is 7.89. The molecular weight excluding hydrogens is 364 g/mol. The lowest BCUT2D eigenvalue weighted by Gasteiger charge is -2.33. The molecule has 144 valence electrons. The second kappa shape index (κ2) is 8.47. The topological polar surface area (TPSA) is 102 Å². The van der Waals surface area contributed by atoms with Crippen LogP contribution in [-0.2, 0) is 24.3 Å². The first-order chi connectivity index (χ1) is 12.3. The number of benzene rings is 1. The summed E-state index contributed by atoms with van der Waals surface area (Å²) in [5.74, 6) is -0.866. The summed E-state index contributed by atoms with van der Waals surface area (Å²) in [6.45, 7) is 1.43. The zero-order valence-corrected chi connectivity index (χ0v) is 15.7. The average molecular weight is 386 g/mol. The normalized spacial score (nSPS) is 16.1. The van der Waals surface area contributed by atoms with E-state index in [-0.39, 0.29) is 41.8 Å². The number of rotatable bonds is 6. The fourth-order valence-corrected chi connectivity index (χ4v) is 4.20. The van der Waals surface area contributed by atoms with E-state index in [0.717, 1.165) is 0 Å². The molecule has 0 N–H and O–H groups in total. The molecule has 0 unspecified atom stereocenters. The highest BCUT2D eigenvalue weighted by Crippen LogP contribution is 2.28. The van der Waals surface area contributed by atoms with Crippen LogP contribution in [0.5, 0.6) is 5.75 Å². The van der Waals surface area contributed by atoms with Gasteiger partial charge in [-0.3, -0.25) is 9.69 Å². The fraction of sp³-hybridized carbons (Fsp3) is 0.500. The van der Waals surface area contributed by atoms with Crippen molar-refractivity contribution in [2.45, 2.75) is 4.90 Å². The van der Waals surface area contributed by atoms with Crippen LogP contribution < -0.4 is 4.74 Å². The first-order valence-electron chi connectivity index (χ1n) is 7.89. The summed E-state index contributed by atoms with van der Waals surface area (Å²) in [4.78, 5) is 24.7. The van der Waals surface area contributed by atoms with Crippen molar-refractivity contribution in [2.75, 3.05) is 54.1 Å². The van der Waals surface area contributed by atoms with Gasteiger partial charge in [0.25, 0.3) is 0 Å². The molecule has 26 heavy (non-hydrogen) atoms. The largest absolute Gasteiger partial charge is 0.495 e. The van der Waals surface area contributed by atoms with Crippen molar-refractivity contribution in [3.8, 4) is 5.75 Å². The molecule has 0 saturated carbocycles. The number of hydrogen-bond acceptors (Lipinski definition) is 8. The van der Waals surface area contributed by atoms with Gasteiger partial charge in [0.1, 0.15) is 10.6 Å². The van der Waals surface area contributed by atoms with Crippen LogP contribution in [0.25, 0.3) is 0 Å². The van der Waals surface area contributed by atoms with Crippen LogP contribution in [0.1, 0.15) is 10.4 Å². The first-order valence-corrected chi connectivity index (χ1v) is 9.33. The van der Waals surface area contributed by atoms with Gasteiger partial charge < -0.3 is 14.2 Å². The van der Waals surface area contributed by atoms with Crippen molar-refractivity contribution in [1.29, 1.82) is 0 Å². The van der Waals surface area contributed by atoms with E-state index in [2.05, 4.69) is 9.47 Å². The monoisotopic (exact) mass is 386 g/mol.